The largest absolute Gasteiger partial charge is 0.369 e. The van der Waals surface area contributed by atoms with Gasteiger partial charge in [0.05, 0.1) is 6.42 Å². The Kier molecular flexibility index (Phi) is 3.67. The van der Waals surface area contributed by atoms with Crippen LogP contribution in [0.4, 0.5) is 5.69 Å². The lowest BCUT2D eigenvalue weighted by Gasteiger charge is -2.46. The van der Waals surface area contributed by atoms with E-state index in [-0.39, 0.29) is 11.9 Å². The number of rotatable bonds is 1. The predicted molar refractivity (Wildman–Crippen MR) is 98.2 cm³/mol. The Balaban J connectivity index is 1.76. The first-order chi connectivity index (χ1) is 12.0. The highest BCUT2D eigenvalue weighted by Crippen LogP contribution is 2.40. The molecular formula is C18H24N6O. The maximum absolute atomic E-state index is 11.9. The minimum absolute atomic E-state index is 0.153. The molecule has 1 spiro atoms. The standard InChI is InChI=1S/C18H24N6O/c1-23-11-13-9-14(6-5-12(13)10-15(23)25)24-17(20)21-16(19)22-18(24)7-3-2-4-8-18/h5-6,9H,2-4,7-8,10-11H2,1H3,(H4,19,20,21,22). The summed E-state index contributed by atoms with van der Waals surface area (Å²) in [4.78, 5) is 24.6. The van der Waals surface area contributed by atoms with Gasteiger partial charge in [0.2, 0.25) is 17.8 Å². The van der Waals surface area contributed by atoms with Crippen molar-refractivity contribution >= 4 is 23.5 Å². The van der Waals surface area contributed by atoms with Gasteiger partial charge in [0.25, 0.3) is 0 Å². The predicted octanol–water partition coefficient (Wildman–Crippen LogP) is 1.31. The molecule has 0 aromatic heterocycles. The molecule has 1 aromatic carbocycles. The maximum atomic E-state index is 11.9. The molecule has 3 aliphatic rings. The molecule has 0 unspecified atom stereocenters. The molecule has 4 rings (SSSR count). The topological polar surface area (TPSA) is 100 Å². The average molecular weight is 340 g/mol. The highest BCUT2D eigenvalue weighted by Gasteiger charge is 2.42. The summed E-state index contributed by atoms with van der Waals surface area (Å²) in [5.74, 6) is 0.814. The van der Waals surface area contributed by atoms with Gasteiger partial charge in [-0.15, -0.1) is 0 Å². The molecule has 1 amide bonds. The summed E-state index contributed by atoms with van der Waals surface area (Å²) >= 11 is 0. The van der Waals surface area contributed by atoms with E-state index >= 15 is 0 Å². The van der Waals surface area contributed by atoms with Crippen molar-refractivity contribution < 1.29 is 4.79 Å². The van der Waals surface area contributed by atoms with E-state index < -0.39 is 5.66 Å². The number of carbonyl (C=O) groups excluding carboxylic acids is 1. The minimum Gasteiger partial charge on any atom is -0.369 e. The van der Waals surface area contributed by atoms with Crippen LogP contribution in [0.1, 0.15) is 43.2 Å². The zero-order valence-electron chi connectivity index (χ0n) is 14.5. The minimum atomic E-state index is -0.432. The van der Waals surface area contributed by atoms with Crippen LogP contribution in [0.3, 0.4) is 0 Å². The van der Waals surface area contributed by atoms with E-state index in [2.05, 4.69) is 11.1 Å². The number of likely N-dealkylation sites (N-methyl/N-ethyl adjacent to an activating group) is 1. The Bertz CT molecular complexity index is 778. The number of amides is 1. The number of fused-ring (bicyclic) bond motifs is 1. The number of guanidine groups is 2. The van der Waals surface area contributed by atoms with Gasteiger partial charge in [0.15, 0.2) is 0 Å². The summed E-state index contributed by atoms with van der Waals surface area (Å²) in [6.45, 7) is 0.616. The van der Waals surface area contributed by atoms with E-state index in [0.717, 1.165) is 42.5 Å². The number of hydrogen-bond donors (Lipinski definition) is 2. The van der Waals surface area contributed by atoms with Crippen LogP contribution in [0.25, 0.3) is 0 Å². The zero-order valence-corrected chi connectivity index (χ0v) is 14.5. The van der Waals surface area contributed by atoms with Gasteiger partial charge in [0.1, 0.15) is 5.66 Å². The molecule has 0 radical (unpaired) electrons. The van der Waals surface area contributed by atoms with Crippen LogP contribution in [0.5, 0.6) is 0 Å². The van der Waals surface area contributed by atoms with Crippen LogP contribution in [-0.4, -0.2) is 35.4 Å². The molecule has 2 heterocycles. The van der Waals surface area contributed by atoms with Gasteiger partial charge >= 0.3 is 0 Å². The third kappa shape index (κ3) is 2.63. The molecule has 4 N–H and O–H groups in total. The summed E-state index contributed by atoms with van der Waals surface area (Å²) in [5.41, 5.74) is 15.0. The molecule has 0 atom stereocenters. The lowest BCUT2D eigenvalue weighted by Crippen LogP contribution is -2.58. The third-order valence-electron chi connectivity index (χ3n) is 5.47. The Morgan fingerprint density at radius 1 is 1.12 bits per heavy atom. The summed E-state index contributed by atoms with van der Waals surface area (Å²) in [6.07, 6.45) is 5.69. The second kappa shape index (κ2) is 5.75. The van der Waals surface area contributed by atoms with Crippen LogP contribution in [0.2, 0.25) is 0 Å². The summed E-state index contributed by atoms with van der Waals surface area (Å²) < 4.78 is 0. The molecule has 1 saturated carbocycles. The third-order valence-corrected chi connectivity index (χ3v) is 5.47. The number of hydrogen-bond acceptors (Lipinski definition) is 6. The first kappa shape index (κ1) is 15.9. The number of carbonyl (C=O) groups is 1. The van der Waals surface area contributed by atoms with Gasteiger partial charge in [-0.3, -0.25) is 9.69 Å². The van der Waals surface area contributed by atoms with E-state index in [1.54, 1.807) is 4.90 Å². The van der Waals surface area contributed by atoms with Crippen molar-refractivity contribution in [1.82, 2.24) is 4.90 Å². The molecule has 25 heavy (non-hydrogen) atoms. The summed E-state index contributed by atoms with van der Waals surface area (Å²) in [5, 5.41) is 0. The van der Waals surface area contributed by atoms with Gasteiger partial charge in [-0.1, -0.05) is 12.5 Å². The molecule has 7 nitrogen and oxygen atoms in total. The Morgan fingerprint density at radius 3 is 2.64 bits per heavy atom. The van der Waals surface area contributed by atoms with Gasteiger partial charge in [-0.25, -0.2) is 4.99 Å². The lowest BCUT2D eigenvalue weighted by molar-refractivity contribution is -0.130. The Morgan fingerprint density at radius 2 is 1.88 bits per heavy atom. The van der Waals surface area contributed by atoms with Crippen molar-refractivity contribution in [3.8, 4) is 0 Å². The number of anilines is 1. The number of aliphatic imine (C=N–C) groups is 2. The van der Waals surface area contributed by atoms with E-state index in [0.29, 0.717) is 18.9 Å². The van der Waals surface area contributed by atoms with Crippen LogP contribution in [-0.2, 0) is 17.8 Å². The fourth-order valence-electron chi connectivity index (χ4n) is 4.21. The molecular weight excluding hydrogens is 316 g/mol. The number of nitrogens with two attached hydrogens (primary N) is 2. The lowest BCUT2D eigenvalue weighted by atomic mass is 9.87. The molecule has 1 aromatic rings. The fraction of sp³-hybridized carbons (Fsp3) is 0.500. The zero-order chi connectivity index (χ0) is 17.6. The van der Waals surface area contributed by atoms with Gasteiger partial charge in [0, 0.05) is 19.3 Å². The second-order valence-electron chi connectivity index (χ2n) is 7.20. The molecule has 132 valence electrons. The first-order valence-electron chi connectivity index (χ1n) is 8.84. The first-order valence-corrected chi connectivity index (χ1v) is 8.84. The van der Waals surface area contributed by atoms with Crippen LogP contribution >= 0.6 is 0 Å². The molecule has 7 heteroatoms. The van der Waals surface area contributed by atoms with Gasteiger partial charge in [-0.2, -0.15) is 4.99 Å². The van der Waals surface area contributed by atoms with Gasteiger partial charge < -0.3 is 16.4 Å². The van der Waals surface area contributed by atoms with E-state index in [9.17, 15) is 4.79 Å². The van der Waals surface area contributed by atoms with Crippen LogP contribution in [0, 0.1) is 0 Å². The molecule has 1 fully saturated rings. The number of nitrogens with zero attached hydrogens (tertiary/aromatic N) is 4. The summed E-state index contributed by atoms with van der Waals surface area (Å²) in [6, 6.07) is 6.17. The van der Waals surface area contributed by atoms with Crippen molar-refractivity contribution in [3.63, 3.8) is 0 Å². The smallest absolute Gasteiger partial charge is 0.227 e. The van der Waals surface area contributed by atoms with Gasteiger partial charge in [-0.05, 0) is 48.9 Å². The molecule has 2 aliphatic heterocycles. The molecule has 1 aliphatic carbocycles. The Hall–Kier alpha value is -2.57. The highest BCUT2D eigenvalue weighted by molar-refractivity contribution is 6.05. The van der Waals surface area contributed by atoms with Crippen molar-refractivity contribution in [1.29, 1.82) is 0 Å². The average Bonchev–Trinajstić information content (AvgIpc) is 2.56. The quantitative estimate of drug-likeness (QED) is 0.805. The van der Waals surface area contributed by atoms with E-state index in [1.807, 2.05) is 24.1 Å². The van der Waals surface area contributed by atoms with Crippen molar-refractivity contribution in [2.45, 2.75) is 50.7 Å². The molecule has 0 bridgehead atoms. The second-order valence-corrected chi connectivity index (χ2v) is 7.20. The van der Waals surface area contributed by atoms with Crippen LogP contribution < -0.4 is 16.4 Å². The maximum Gasteiger partial charge on any atom is 0.227 e. The van der Waals surface area contributed by atoms with E-state index in [1.165, 1.54) is 6.42 Å². The van der Waals surface area contributed by atoms with Crippen LogP contribution in [0.15, 0.2) is 28.2 Å². The van der Waals surface area contributed by atoms with Crippen molar-refractivity contribution in [2.24, 2.45) is 21.5 Å². The summed E-state index contributed by atoms with van der Waals surface area (Å²) in [7, 11) is 1.84. The normalized spacial score (nSPS) is 22.5. The number of benzene rings is 1. The highest BCUT2D eigenvalue weighted by atomic mass is 16.2. The Labute approximate surface area is 147 Å². The monoisotopic (exact) mass is 340 g/mol. The van der Waals surface area contributed by atoms with Crippen molar-refractivity contribution in [3.05, 3.63) is 29.3 Å². The molecule has 0 saturated heterocycles. The van der Waals surface area contributed by atoms with E-state index in [4.69, 9.17) is 16.5 Å². The SMILES string of the molecule is CN1Cc2cc(N3C(N)=NC(N)=NC34CCCCC4)ccc2CC1=O. The fourth-order valence-corrected chi connectivity index (χ4v) is 4.21. The van der Waals surface area contributed by atoms with Crippen molar-refractivity contribution in [2.75, 3.05) is 11.9 Å².